The molecule has 1 aromatic carbocycles. The molecular formula is C19H21N3O4. The van der Waals surface area contributed by atoms with Crippen molar-refractivity contribution in [3.8, 4) is 6.07 Å². The second kappa shape index (κ2) is 6.79. The second-order valence-electron chi connectivity index (χ2n) is 7.15. The van der Waals surface area contributed by atoms with Gasteiger partial charge in [0, 0.05) is 26.6 Å². The third-order valence-corrected chi connectivity index (χ3v) is 5.59. The van der Waals surface area contributed by atoms with Crippen LogP contribution in [0.15, 0.2) is 24.3 Å². The van der Waals surface area contributed by atoms with Gasteiger partial charge in [0.2, 0.25) is 5.91 Å². The highest BCUT2D eigenvalue weighted by Crippen LogP contribution is 2.43. The average molecular weight is 355 g/mol. The number of piperidine rings is 1. The second-order valence-corrected chi connectivity index (χ2v) is 7.15. The molecule has 0 bridgehead atoms. The van der Waals surface area contributed by atoms with E-state index in [2.05, 4.69) is 0 Å². The number of carbonyl (C=O) groups is 3. The van der Waals surface area contributed by atoms with Crippen LogP contribution in [0.3, 0.4) is 0 Å². The molecule has 0 radical (unpaired) electrons. The molecule has 2 amide bonds. The fraction of sp³-hybridized carbons (Fsp3) is 0.474. The molecule has 0 saturated carbocycles. The Hall–Kier alpha value is -2.88. The predicted octanol–water partition coefficient (Wildman–Crippen LogP) is 1.49. The van der Waals surface area contributed by atoms with Crippen LogP contribution >= 0.6 is 0 Å². The minimum atomic E-state index is -0.974. The Balaban J connectivity index is 1.71. The maximum Gasteiger partial charge on any atom is 0.326 e. The minimum absolute atomic E-state index is 0.173. The molecule has 3 rings (SSSR count). The van der Waals surface area contributed by atoms with E-state index in [0.717, 1.165) is 0 Å². The van der Waals surface area contributed by atoms with Gasteiger partial charge in [-0.05, 0) is 36.8 Å². The first-order valence-corrected chi connectivity index (χ1v) is 8.65. The zero-order valence-corrected chi connectivity index (χ0v) is 14.6. The number of hydrogen-bond donors (Lipinski definition) is 1. The van der Waals surface area contributed by atoms with Crippen molar-refractivity contribution in [2.24, 2.45) is 5.41 Å². The number of rotatable bonds is 2. The van der Waals surface area contributed by atoms with Crippen LogP contribution in [-0.4, -0.2) is 58.4 Å². The fourth-order valence-electron chi connectivity index (χ4n) is 4.09. The SMILES string of the molecule is CC(=O)N1CC2(CCN(C(=O)c3ccccc3C#N)CC2)C[C@H]1C(=O)O. The molecular weight excluding hydrogens is 334 g/mol. The van der Waals surface area contributed by atoms with Crippen molar-refractivity contribution in [3.63, 3.8) is 0 Å². The summed E-state index contributed by atoms with van der Waals surface area (Å²) in [6, 6.07) is 7.99. The Kier molecular flexibility index (Phi) is 4.68. The van der Waals surface area contributed by atoms with E-state index in [0.29, 0.717) is 50.0 Å². The molecule has 0 aliphatic carbocycles. The zero-order valence-electron chi connectivity index (χ0n) is 14.6. The van der Waals surface area contributed by atoms with E-state index in [1.54, 1.807) is 29.2 Å². The van der Waals surface area contributed by atoms with Crippen LogP contribution in [0.25, 0.3) is 0 Å². The van der Waals surface area contributed by atoms with Crippen LogP contribution in [0.4, 0.5) is 0 Å². The monoisotopic (exact) mass is 355 g/mol. The van der Waals surface area contributed by atoms with Crippen molar-refractivity contribution in [3.05, 3.63) is 35.4 Å². The quantitative estimate of drug-likeness (QED) is 0.866. The molecule has 1 atom stereocenters. The number of nitriles is 1. The van der Waals surface area contributed by atoms with Gasteiger partial charge in [-0.25, -0.2) is 4.79 Å². The number of amides is 2. The molecule has 136 valence electrons. The summed E-state index contributed by atoms with van der Waals surface area (Å²) in [7, 11) is 0. The van der Waals surface area contributed by atoms with Crippen molar-refractivity contribution < 1.29 is 19.5 Å². The Morgan fingerprint density at radius 2 is 1.88 bits per heavy atom. The van der Waals surface area contributed by atoms with Gasteiger partial charge in [0.05, 0.1) is 17.2 Å². The van der Waals surface area contributed by atoms with Crippen LogP contribution in [-0.2, 0) is 9.59 Å². The number of carboxylic acids is 1. The van der Waals surface area contributed by atoms with E-state index >= 15 is 0 Å². The van der Waals surface area contributed by atoms with Crippen LogP contribution in [0.1, 0.15) is 42.1 Å². The average Bonchev–Trinajstić information content (AvgIpc) is 3.02. The van der Waals surface area contributed by atoms with Crippen molar-refractivity contribution >= 4 is 17.8 Å². The Morgan fingerprint density at radius 3 is 2.42 bits per heavy atom. The largest absolute Gasteiger partial charge is 0.480 e. The van der Waals surface area contributed by atoms with Crippen LogP contribution in [0.2, 0.25) is 0 Å². The number of nitrogens with zero attached hydrogens (tertiary/aromatic N) is 3. The molecule has 1 aromatic rings. The molecule has 1 spiro atoms. The first-order valence-electron chi connectivity index (χ1n) is 8.65. The summed E-state index contributed by atoms with van der Waals surface area (Å²) in [5.41, 5.74) is 0.499. The first kappa shape index (κ1) is 17.9. The lowest BCUT2D eigenvalue weighted by Crippen LogP contribution is -2.44. The molecule has 2 saturated heterocycles. The molecule has 2 fully saturated rings. The van der Waals surface area contributed by atoms with Gasteiger partial charge in [-0.2, -0.15) is 5.26 Å². The summed E-state index contributed by atoms with van der Waals surface area (Å²) >= 11 is 0. The van der Waals surface area contributed by atoms with Crippen molar-refractivity contribution in [2.75, 3.05) is 19.6 Å². The van der Waals surface area contributed by atoms with Crippen LogP contribution in [0.5, 0.6) is 0 Å². The van der Waals surface area contributed by atoms with Gasteiger partial charge < -0.3 is 14.9 Å². The molecule has 2 heterocycles. The predicted molar refractivity (Wildman–Crippen MR) is 92.2 cm³/mol. The topological polar surface area (TPSA) is 102 Å². The number of hydrogen-bond acceptors (Lipinski definition) is 4. The fourth-order valence-corrected chi connectivity index (χ4v) is 4.09. The van der Waals surface area contributed by atoms with Gasteiger partial charge in [0.15, 0.2) is 0 Å². The summed E-state index contributed by atoms with van der Waals surface area (Å²) in [6.07, 6.45) is 1.74. The molecule has 0 aromatic heterocycles. The van der Waals surface area contributed by atoms with Crippen LogP contribution in [0, 0.1) is 16.7 Å². The number of carboxylic acid groups (broad SMARTS) is 1. The summed E-state index contributed by atoms with van der Waals surface area (Å²) in [4.78, 5) is 39.2. The van der Waals surface area contributed by atoms with E-state index in [-0.39, 0.29) is 17.2 Å². The summed E-state index contributed by atoms with van der Waals surface area (Å²) in [5, 5.41) is 18.6. The van der Waals surface area contributed by atoms with E-state index < -0.39 is 12.0 Å². The molecule has 2 aliphatic heterocycles. The van der Waals surface area contributed by atoms with E-state index in [9.17, 15) is 24.8 Å². The number of carbonyl (C=O) groups excluding carboxylic acids is 2. The Labute approximate surface area is 151 Å². The van der Waals surface area contributed by atoms with Gasteiger partial charge in [0.25, 0.3) is 5.91 Å². The third kappa shape index (κ3) is 3.15. The summed E-state index contributed by atoms with van der Waals surface area (Å²) < 4.78 is 0. The zero-order chi connectivity index (χ0) is 18.9. The smallest absolute Gasteiger partial charge is 0.326 e. The van der Waals surface area contributed by atoms with E-state index in [4.69, 9.17) is 0 Å². The number of aliphatic carboxylic acids is 1. The molecule has 26 heavy (non-hydrogen) atoms. The summed E-state index contributed by atoms with van der Waals surface area (Å²) in [5.74, 6) is -1.37. The van der Waals surface area contributed by atoms with Crippen LogP contribution < -0.4 is 0 Å². The molecule has 1 N–H and O–H groups in total. The highest BCUT2D eigenvalue weighted by molar-refractivity contribution is 5.96. The Bertz CT molecular complexity index is 766. The lowest BCUT2D eigenvalue weighted by Gasteiger charge is -2.39. The normalized spacial score (nSPS) is 21.5. The van der Waals surface area contributed by atoms with Crippen molar-refractivity contribution in [1.29, 1.82) is 5.26 Å². The molecule has 0 unspecified atom stereocenters. The van der Waals surface area contributed by atoms with E-state index in [1.165, 1.54) is 11.8 Å². The van der Waals surface area contributed by atoms with Gasteiger partial charge in [-0.1, -0.05) is 12.1 Å². The number of benzene rings is 1. The third-order valence-electron chi connectivity index (χ3n) is 5.59. The Morgan fingerprint density at radius 1 is 1.23 bits per heavy atom. The maximum atomic E-state index is 12.7. The molecule has 2 aliphatic rings. The summed E-state index contributed by atoms with van der Waals surface area (Å²) in [6.45, 7) is 2.82. The lowest BCUT2D eigenvalue weighted by molar-refractivity contribution is -0.147. The van der Waals surface area contributed by atoms with E-state index in [1.807, 2.05) is 6.07 Å². The molecule has 7 nitrogen and oxygen atoms in total. The first-order chi connectivity index (χ1) is 12.4. The van der Waals surface area contributed by atoms with Crippen molar-refractivity contribution in [1.82, 2.24) is 9.80 Å². The maximum absolute atomic E-state index is 12.7. The minimum Gasteiger partial charge on any atom is -0.480 e. The standard InChI is InChI=1S/C19H21N3O4/c1-13(23)22-12-19(10-16(22)18(25)26)6-8-21(9-7-19)17(24)15-5-3-2-4-14(15)11-20/h2-5,16H,6-10,12H2,1H3,(H,25,26)/t16-/m0/s1. The van der Waals surface area contributed by atoms with Gasteiger partial charge >= 0.3 is 5.97 Å². The molecule has 7 heteroatoms. The van der Waals surface area contributed by atoms with Gasteiger partial charge in [-0.3, -0.25) is 9.59 Å². The van der Waals surface area contributed by atoms with Gasteiger partial charge in [-0.15, -0.1) is 0 Å². The van der Waals surface area contributed by atoms with Crippen molar-refractivity contribution in [2.45, 2.75) is 32.2 Å². The highest BCUT2D eigenvalue weighted by Gasteiger charge is 2.49. The lowest BCUT2D eigenvalue weighted by atomic mass is 9.76. The van der Waals surface area contributed by atoms with Gasteiger partial charge in [0.1, 0.15) is 6.04 Å². The number of likely N-dealkylation sites (tertiary alicyclic amines) is 2. The highest BCUT2D eigenvalue weighted by atomic mass is 16.4.